The van der Waals surface area contributed by atoms with E-state index in [2.05, 4.69) is 10.0 Å². The minimum atomic E-state index is -3.52. The van der Waals surface area contributed by atoms with Gasteiger partial charge in [0.05, 0.1) is 21.5 Å². The summed E-state index contributed by atoms with van der Waals surface area (Å²) in [7, 11) is -3.52. The van der Waals surface area contributed by atoms with Gasteiger partial charge in [-0.05, 0) is 31.5 Å². The van der Waals surface area contributed by atoms with Crippen molar-refractivity contribution in [3.63, 3.8) is 0 Å². The smallest absolute Gasteiger partial charge is 0.234 e. The third-order valence-electron chi connectivity index (χ3n) is 3.10. The van der Waals surface area contributed by atoms with Crippen LogP contribution in [0.25, 0.3) is 0 Å². The highest BCUT2D eigenvalue weighted by atomic mass is 35.5. The van der Waals surface area contributed by atoms with Crippen LogP contribution in [-0.4, -0.2) is 26.8 Å². The Morgan fingerprint density at radius 1 is 1.20 bits per heavy atom. The number of sulfonamides is 1. The summed E-state index contributed by atoms with van der Waals surface area (Å²) in [5.41, 5.74) is 0.175. The molecule has 0 spiro atoms. The third-order valence-corrected chi connectivity index (χ3v) is 5.27. The first-order chi connectivity index (χ1) is 9.37. The highest BCUT2D eigenvalue weighted by Crippen LogP contribution is 2.34. The minimum absolute atomic E-state index is 0.00227. The lowest BCUT2D eigenvalue weighted by Gasteiger charge is -2.23. The Bertz CT molecular complexity index is 563. The van der Waals surface area contributed by atoms with E-state index in [4.69, 9.17) is 34.8 Å². The monoisotopic (exact) mass is 356 g/mol. The highest BCUT2D eigenvalue weighted by molar-refractivity contribution is 7.92. The summed E-state index contributed by atoms with van der Waals surface area (Å²) in [6, 6.07) is 2.86. The van der Waals surface area contributed by atoms with E-state index in [0.717, 1.165) is 25.8 Å². The van der Waals surface area contributed by atoms with Crippen molar-refractivity contribution < 1.29 is 8.42 Å². The van der Waals surface area contributed by atoms with Crippen molar-refractivity contribution >= 4 is 50.5 Å². The van der Waals surface area contributed by atoms with Crippen molar-refractivity contribution in [2.45, 2.75) is 25.3 Å². The van der Waals surface area contributed by atoms with Crippen LogP contribution in [0.4, 0.5) is 5.69 Å². The van der Waals surface area contributed by atoms with Crippen molar-refractivity contribution in [1.82, 2.24) is 5.32 Å². The molecule has 0 saturated carbocycles. The van der Waals surface area contributed by atoms with E-state index in [-0.39, 0.29) is 27.5 Å². The number of hydrogen-bond donors (Lipinski definition) is 2. The molecule has 1 fully saturated rings. The molecule has 1 unspecified atom stereocenters. The molecule has 2 N–H and O–H groups in total. The van der Waals surface area contributed by atoms with Crippen LogP contribution in [0.1, 0.15) is 19.3 Å². The van der Waals surface area contributed by atoms with Gasteiger partial charge in [0.25, 0.3) is 0 Å². The standard InChI is InChI=1S/C12H15Cl3N2O2S/c13-8-5-10(14)12(11(15)6-8)17-20(18,19)7-9-3-1-2-4-16-9/h5-6,9,16-17H,1-4,7H2. The summed E-state index contributed by atoms with van der Waals surface area (Å²) in [5.74, 6) is 0.00227. The molecule has 1 aromatic rings. The van der Waals surface area contributed by atoms with Crippen LogP contribution >= 0.6 is 34.8 Å². The maximum Gasteiger partial charge on any atom is 0.234 e. The molecule has 1 heterocycles. The number of piperidine rings is 1. The second-order valence-corrected chi connectivity index (χ2v) is 7.79. The van der Waals surface area contributed by atoms with E-state index < -0.39 is 10.0 Å². The maximum absolute atomic E-state index is 12.2. The molecule has 1 aliphatic rings. The highest BCUT2D eigenvalue weighted by Gasteiger charge is 2.22. The van der Waals surface area contributed by atoms with Gasteiger partial charge in [0.1, 0.15) is 0 Å². The molecular formula is C12H15Cl3N2O2S. The summed E-state index contributed by atoms with van der Waals surface area (Å²) in [5, 5.41) is 3.92. The minimum Gasteiger partial charge on any atom is -0.313 e. The van der Waals surface area contributed by atoms with Gasteiger partial charge in [-0.2, -0.15) is 0 Å². The van der Waals surface area contributed by atoms with Gasteiger partial charge < -0.3 is 5.32 Å². The maximum atomic E-state index is 12.2. The molecule has 0 amide bonds. The van der Waals surface area contributed by atoms with Gasteiger partial charge in [-0.25, -0.2) is 8.42 Å². The molecule has 0 bridgehead atoms. The Morgan fingerprint density at radius 3 is 2.40 bits per heavy atom. The quantitative estimate of drug-likeness (QED) is 0.866. The molecule has 20 heavy (non-hydrogen) atoms. The van der Waals surface area contributed by atoms with Gasteiger partial charge >= 0.3 is 0 Å². The van der Waals surface area contributed by atoms with Crippen LogP contribution in [0.15, 0.2) is 12.1 Å². The van der Waals surface area contributed by atoms with Crippen LogP contribution in [0.3, 0.4) is 0 Å². The van der Waals surface area contributed by atoms with Gasteiger partial charge in [-0.1, -0.05) is 41.2 Å². The lowest BCUT2D eigenvalue weighted by molar-refractivity contribution is 0.424. The van der Waals surface area contributed by atoms with Crippen LogP contribution in [-0.2, 0) is 10.0 Å². The Hall–Kier alpha value is -0.200. The molecule has 1 saturated heterocycles. The van der Waals surface area contributed by atoms with Crippen molar-refractivity contribution in [2.75, 3.05) is 17.0 Å². The zero-order chi connectivity index (χ0) is 14.8. The summed E-state index contributed by atoms with van der Waals surface area (Å²) >= 11 is 17.7. The first-order valence-corrected chi connectivity index (χ1v) is 9.04. The number of hydrogen-bond acceptors (Lipinski definition) is 3. The first-order valence-electron chi connectivity index (χ1n) is 6.26. The average Bonchev–Trinajstić information content (AvgIpc) is 2.34. The predicted molar refractivity (Wildman–Crippen MR) is 84.5 cm³/mol. The summed E-state index contributed by atoms with van der Waals surface area (Å²) in [4.78, 5) is 0. The number of rotatable bonds is 4. The zero-order valence-electron chi connectivity index (χ0n) is 10.6. The second kappa shape index (κ2) is 6.71. The lowest BCUT2D eigenvalue weighted by atomic mass is 10.1. The van der Waals surface area contributed by atoms with E-state index in [1.54, 1.807) is 0 Å². The molecule has 1 atom stereocenters. The summed E-state index contributed by atoms with van der Waals surface area (Å²) in [6.07, 6.45) is 2.97. The van der Waals surface area contributed by atoms with Gasteiger partial charge in [0.15, 0.2) is 0 Å². The largest absolute Gasteiger partial charge is 0.313 e. The predicted octanol–water partition coefficient (Wildman–Crippen LogP) is 3.53. The van der Waals surface area contributed by atoms with Crippen LogP contribution < -0.4 is 10.0 Å². The van der Waals surface area contributed by atoms with Crippen molar-refractivity contribution in [2.24, 2.45) is 0 Å². The Labute approximate surface area is 133 Å². The van der Waals surface area contributed by atoms with Crippen LogP contribution in [0, 0.1) is 0 Å². The molecule has 1 aromatic carbocycles. The Morgan fingerprint density at radius 2 is 1.85 bits per heavy atom. The lowest BCUT2D eigenvalue weighted by Crippen LogP contribution is -2.40. The van der Waals surface area contributed by atoms with Gasteiger partial charge in [0, 0.05) is 11.1 Å². The fraction of sp³-hybridized carbons (Fsp3) is 0.500. The molecule has 1 aliphatic heterocycles. The van der Waals surface area contributed by atoms with Gasteiger partial charge in [-0.3, -0.25) is 4.72 Å². The Kier molecular flexibility index (Phi) is 5.42. The van der Waals surface area contributed by atoms with Crippen molar-refractivity contribution in [3.8, 4) is 0 Å². The van der Waals surface area contributed by atoms with E-state index >= 15 is 0 Å². The third kappa shape index (κ3) is 4.40. The van der Waals surface area contributed by atoms with E-state index in [0.29, 0.717) is 5.02 Å². The fourth-order valence-electron chi connectivity index (χ4n) is 2.17. The van der Waals surface area contributed by atoms with Crippen molar-refractivity contribution in [3.05, 3.63) is 27.2 Å². The van der Waals surface area contributed by atoms with Gasteiger partial charge in [0.2, 0.25) is 10.0 Å². The number of halogens is 3. The SMILES string of the molecule is O=S(=O)(CC1CCCCN1)Nc1c(Cl)cc(Cl)cc1Cl. The molecule has 4 nitrogen and oxygen atoms in total. The first kappa shape index (κ1) is 16.2. The zero-order valence-corrected chi connectivity index (χ0v) is 13.7. The van der Waals surface area contributed by atoms with Crippen LogP contribution in [0.2, 0.25) is 15.1 Å². The molecular weight excluding hydrogens is 343 g/mol. The average molecular weight is 358 g/mol. The number of anilines is 1. The topological polar surface area (TPSA) is 58.2 Å². The molecule has 112 valence electrons. The fourth-order valence-corrected chi connectivity index (χ4v) is 4.62. The van der Waals surface area contributed by atoms with Crippen LogP contribution in [0.5, 0.6) is 0 Å². The summed E-state index contributed by atoms with van der Waals surface area (Å²) in [6.45, 7) is 0.850. The normalized spacial score (nSPS) is 19.9. The van der Waals surface area contributed by atoms with E-state index in [1.807, 2.05) is 0 Å². The number of nitrogens with one attached hydrogen (secondary N) is 2. The number of benzene rings is 1. The van der Waals surface area contributed by atoms with Gasteiger partial charge in [-0.15, -0.1) is 0 Å². The molecule has 0 radical (unpaired) electrons. The second-order valence-electron chi connectivity index (χ2n) is 4.77. The van der Waals surface area contributed by atoms with E-state index in [1.165, 1.54) is 12.1 Å². The van der Waals surface area contributed by atoms with E-state index in [9.17, 15) is 8.42 Å². The van der Waals surface area contributed by atoms with Crippen molar-refractivity contribution in [1.29, 1.82) is 0 Å². The molecule has 0 aromatic heterocycles. The molecule has 2 rings (SSSR count). The molecule has 0 aliphatic carbocycles. The summed E-state index contributed by atoms with van der Waals surface area (Å²) < 4.78 is 26.8. The molecule has 8 heteroatoms. The Balaban J connectivity index is 2.11.